The molecule has 106 valence electrons. The number of hydrogen-bond donors (Lipinski definition) is 0. The summed E-state index contributed by atoms with van der Waals surface area (Å²) in [6.07, 6.45) is 12.6. The zero-order valence-electron chi connectivity index (χ0n) is 12.3. The van der Waals surface area contributed by atoms with Crippen LogP contribution in [0, 0.1) is 0 Å². The van der Waals surface area contributed by atoms with Crippen LogP contribution in [0.5, 0.6) is 0 Å². The Hall–Kier alpha value is -0.660. The van der Waals surface area contributed by atoms with E-state index in [0.717, 1.165) is 25.7 Å². The SMILES string of the molecule is CCCCCCCCCC(=O)CCCCC(C)=O. The summed E-state index contributed by atoms with van der Waals surface area (Å²) in [5, 5.41) is 0. The van der Waals surface area contributed by atoms with Gasteiger partial charge in [0, 0.05) is 19.3 Å². The number of carbonyl (C=O) groups excluding carboxylic acids is 2. The Kier molecular flexibility index (Phi) is 12.3. The highest BCUT2D eigenvalue weighted by molar-refractivity contribution is 5.78. The molecule has 18 heavy (non-hydrogen) atoms. The highest BCUT2D eigenvalue weighted by Gasteiger charge is 2.02. The van der Waals surface area contributed by atoms with Crippen LogP contribution < -0.4 is 0 Å². The smallest absolute Gasteiger partial charge is 0.132 e. The lowest BCUT2D eigenvalue weighted by molar-refractivity contribution is -0.120. The molecule has 0 fully saturated rings. The monoisotopic (exact) mass is 254 g/mol. The number of hydrogen-bond acceptors (Lipinski definition) is 2. The van der Waals surface area contributed by atoms with Crippen molar-refractivity contribution in [2.45, 2.75) is 90.9 Å². The van der Waals surface area contributed by atoms with Crippen molar-refractivity contribution >= 4 is 11.6 Å². The van der Waals surface area contributed by atoms with Crippen molar-refractivity contribution in [3.63, 3.8) is 0 Å². The average Bonchev–Trinajstić information content (AvgIpc) is 2.33. The average molecular weight is 254 g/mol. The summed E-state index contributed by atoms with van der Waals surface area (Å²) < 4.78 is 0. The van der Waals surface area contributed by atoms with Crippen molar-refractivity contribution in [1.29, 1.82) is 0 Å². The van der Waals surface area contributed by atoms with Gasteiger partial charge in [-0.1, -0.05) is 45.4 Å². The van der Waals surface area contributed by atoms with E-state index < -0.39 is 0 Å². The van der Waals surface area contributed by atoms with Crippen LogP contribution in [0.25, 0.3) is 0 Å². The van der Waals surface area contributed by atoms with Crippen molar-refractivity contribution < 1.29 is 9.59 Å². The van der Waals surface area contributed by atoms with Crippen LogP contribution in [0.3, 0.4) is 0 Å². The van der Waals surface area contributed by atoms with E-state index in [4.69, 9.17) is 0 Å². The molecule has 0 saturated heterocycles. The van der Waals surface area contributed by atoms with E-state index in [1.54, 1.807) is 6.92 Å². The van der Waals surface area contributed by atoms with Crippen molar-refractivity contribution in [2.24, 2.45) is 0 Å². The first kappa shape index (κ1) is 17.3. The normalized spacial score (nSPS) is 10.6. The molecule has 0 radical (unpaired) electrons. The minimum absolute atomic E-state index is 0.231. The summed E-state index contributed by atoms with van der Waals surface area (Å²) in [5.41, 5.74) is 0. The molecule has 2 nitrogen and oxygen atoms in total. The Morgan fingerprint density at radius 3 is 1.67 bits per heavy atom. The maximum absolute atomic E-state index is 11.5. The van der Waals surface area contributed by atoms with Gasteiger partial charge in [-0.3, -0.25) is 4.79 Å². The van der Waals surface area contributed by atoms with Gasteiger partial charge in [0.05, 0.1) is 0 Å². The summed E-state index contributed by atoms with van der Waals surface area (Å²) in [7, 11) is 0. The lowest BCUT2D eigenvalue weighted by Crippen LogP contribution is -1.98. The number of Topliss-reactive ketones (excluding diaryl/α,β-unsaturated/α-hetero) is 2. The number of ketones is 2. The van der Waals surface area contributed by atoms with E-state index in [-0.39, 0.29) is 5.78 Å². The molecule has 0 heterocycles. The second kappa shape index (κ2) is 12.8. The van der Waals surface area contributed by atoms with Crippen LogP contribution in [0.1, 0.15) is 90.9 Å². The minimum Gasteiger partial charge on any atom is -0.300 e. The van der Waals surface area contributed by atoms with Crippen molar-refractivity contribution in [2.75, 3.05) is 0 Å². The van der Waals surface area contributed by atoms with Crippen LogP contribution in [-0.2, 0) is 9.59 Å². The van der Waals surface area contributed by atoms with Gasteiger partial charge in [0.1, 0.15) is 11.6 Å². The molecule has 0 unspecified atom stereocenters. The molecule has 0 aliphatic rings. The Balaban J connectivity index is 3.19. The molecule has 0 aromatic heterocycles. The van der Waals surface area contributed by atoms with Crippen LogP contribution in [0.15, 0.2) is 0 Å². The fourth-order valence-corrected chi connectivity index (χ4v) is 2.10. The van der Waals surface area contributed by atoms with Crippen LogP contribution in [0.4, 0.5) is 0 Å². The third kappa shape index (κ3) is 13.4. The molecule has 0 saturated carbocycles. The zero-order valence-corrected chi connectivity index (χ0v) is 12.3. The van der Waals surface area contributed by atoms with Crippen LogP contribution in [0.2, 0.25) is 0 Å². The first-order valence-electron chi connectivity index (χ1n) is 7.68. The van der Waals surface area contributed by atoms with Crippen molar-refractivity contribution in [3.05, 3.63) is 0 Å². The lowest BCUT2D eigenvalue weighted by atomic mass is 10.0. The molecule has 0 amide bonds. The topological polar surface area (TPSA) is 34.1 Å². The molecule has 0 spiro atoms. The molecule has 0 aliphatic carbocycles. The van der Waals surface area contributed by atoms with Crippen LogP contribution >= 0.6 is 0 Å². The summed E-state index contributed by atoms with van der Waals surface area (Å²) in [6.45, 7) is 3.84. The molecule has 0 rings (SSSR count). The lowest BCUT2D eigenvalue weighted by Gasteiger charge is -2.02. The third-order valence-corrected chi connectivity index (χ3v) is 3.29. The predicted octanol–water partition coefficient (Wildman–Crippen LogP) is 4.85. The largest absolute Gasteiger partial charge is 0.300 e. The number of rotatable bonds is 13. The standard InChI is InChI=1S/C16H30O2/c1-3-4-5-6-7-8-9-13-16(18)14-11-10-12-15(2)17/h3-14H2,1-2H3. The molecule has 0 aliphatic heterocycles. The van der Waals surface area contributed by atoms with Crippen molar-refractivity contribution in [1.82, 2.24) is 0 Å². The molecular weight excluding hydrogens is 224 g/mol. The first-order valence-corrected chi connectivity index (χ1v) is 7.68. The van der Waals surface area contributed by atoms with Gasteiger partial charge in [-0.2, -0.15) is 0 Å². The van der Waals surface area contributed by atoms with Gasteiger partial charge < -0.3 is 4.79 Å². The summed E-state index contributed by atoms with van der Waals surface area (Å²) >= 11 is 0. The minimum atomic E-state index is 0.231. The Labute approximate surface area is 113 Å². The van der Waals surface area contributed by atoms with E-state index in [2.05, 4.69) is 6.92 Å². The van der Waals surface area contributed by atoms with E-state index in [1.165, 1.54) is 38.5 Å². The molecule has 2 heteroatoms. The quantitative estimate of drug-likeness (QED) is 0.440. The first-order chi connectivity index (χ1) is 8.66. The molecule has 0 N–H and O–H groups in total. The fraction of sp³-hybridized carbons (Fsp3) is 0.875. The second-order valence-corrected chi connectivity index (χ2v) is 5.32. The van der Waals surface area contributed by atoms with Gasteiger partial charge in [-0.25, -0.2) is 0 Å². The number of unbranched alkanes of at least 4 members (excludes halogenated alkanes) is 7. The maximum Gasteiger partial charge on any atom is 0.132 e. The molecule has 0 aromatic rings. The highest BCUT2D eigenvalue weighted by atomic mass is 16.1. The van der Waals surface area contributed by atoms with Crippen molar-refractivity contribution in [3.8, 4) is 0 Å². The van der Waals surface area contributed by atoms with Gasteiger partial charge >= 0.3 is 0 Å². The Morgan fingerprint density at radius 1 is 0.667 bits per heavy atom. The van der Waals surface area contributed by atoms with Gasteiger partial charge in [-0.05, 0) is 26.2 Å². The molecule has 0 atom stereocenters. The predicted molar refractivity (Wildman–Crippen MR) is 76.8 cm³/mol. The van der Waals surface area contributed by atoms with Gasteiger partial charge in [0.15, 0.2) is 0 Å². The number of carbonyl (C=O) groups is 2. The summed E-state index contributed by atoms with van der Waals surface area (Å²) in [4.78, 5) is 22.3. The molecule has 0 aromatic carbocycles. The van der Waals surface area contributed by atoms with Gasteiger partial charge in [0.25, 0.3) is 0 Å². The highest BCUT2D eigenvalue weighted by Crippen LogP contribution is 2.10. The van der Waals surface area contributed by atoms with E-state index in [1.807, 2.05) is 0 Å². The third-order valence-electron chi connectivity index (χ3n) is 3.29. The van der Waals surface area contributed by atoms with E-state index >= 15 is 0 Å². The molecule has 0 bridgehead atoms. The van der Waals surface area contributed by atoms with Crippen LogP contribution in [-0.4, -0.2) is 11.6 Å². The van der Waals surface area contributed by atoms with Gasteiger partial charge in [-0.15, -0.1) is 0 Å². The maximum atomic E-state index is 11.5. The summed E-state index contributed by atoms with van der Waals surface area (Å²) in [6, 6.07) is 0. The Morgan fingerprint density at radius 2 is 1.11 bits per heavy atom. The summed E-state index contributed by atoms with van der Waals surface area (Å²) in [5.74, 6) is 0.613. The molecular formula is C16H30O2. The van der Waals surface area contributed by atoms with E-state index in [9.17, 15) is 9.59 Å². The van der Waals surface area contributed by atoms with Gasteiger partial charge in [0.2, 0.25) is 0 Å². The second-order valence-electron chi connectivity index (χ2n) is 5.32. The van der Waals surface area contributed by atoms with E-state index in [0.29, 0.717) is 18.6 Å². The Bertz CT molecular complexity index is 221. The zero-order chi connectivity index (χ0) is 13.6. The fourth-order valence-electron chi connectivity index (χ4n) is 2.10.